The summed E-state index contributed by atoms with van der Waals surface area (Å²) >= 11 is 1.41. The summed E-state index contributed by atoms with van der Waals surface area (Å²) in [6.45, 7) is 0. The van der Waals surface area contributed by atoms with E-state index in [2.05, 4.69) is 20.4 Å². The second-order valence-electron chi connectivity index (χ2n) is 2.94. The lowest BCUT2D eigenvalue weighted by atomic mass is 10.2. The third kappa shape index (κ3) is 2.27. The largest absolute Gasteiger partial charge is 0.497 e. The smallest absolute Gasteiger partial charge is 0.229 e. The van der Waals surface area contributed by atoms with Crippen LogP contribution >= 0.6 is 11.8 Å². The predicted molar refractivity (Wildman–Crippen MR) is 61.4 cm³/mol. The Morgan fingerprint density at radius 1 is 1.00 bits per heavy atom. The molecule has 5 nitrogen and oxygen atoms in total. The van der Waals surface area contributed by atoms with Crippen LogP contribution in [0.1, 0.15) is 0 Å². The molecule has 0 unspecified atom stereocenters. The van der Waals surface area contributed by atoms with Gasteiger partial charge in [-0.2, -0.15) is 0 Å². The Kier molecular flexibility index (Phi) is 3.31. The topological polar surface area (TPSA) is 60.8 Å². The molecule has 82 valence electrons. The molecule has 0 saturated heterocycles. The van der Waals surface area contributed by atoms with Crippen molar-refractivity contribution < 1.29 is 4.74 Å². The fourth-order valence-corrected chi connectivity index (χ4v) is 1.40. The molecule has 1 aromatic heterocycles. The predicted octanol–water partition coefficient (Wildman–Crippen LogP) is 1.66. The Hall–Kier alpha value is -1.69. The van der Waals surface area contributed by atoms with Crippen LogP contribution < -0.4 is 4.74 Å². The molecule has 16 heavy (non-hydrogen) atoms. The Labute approximate surface area is 97.3 Å². The fraction of sp³-hybridized carbons (Fsp3) is 0.200. The molecule has 0 aliphatic heterocycles. The molecule has 0 fully saturated rings. The van der Waals surface area contributed by atoms with Gasteiger partial charge >= 0.3 is 0 Å². The summed E-state index contributed by atoms with van der Waals surface area (Å²) in [4.78, 5) is 0. The monoisotopic (exact) mass is 234 g/mol. The summed E-state index contributed by atoms with van der Waals surface area (Å²) in [5.41, 5.74) is 0.869. The molecule has 1 aromatic carbocycles. The van der Waals surface area contributed by atoms with E-state index in [0.29, 0.717) is 11.0 Å². The van der Waals surface area contributed by atoms with Crippen LogP contribution in [0.5, 0.6) is 5.75 Å². The van der Waals surface area contributed by atoms with Gasteiger partial charge in [-0.15, -0.1) is 20.4 Å². The second-order valence-corrected chi connectivity index (χ2v) is 3.71. The number of hydrogen-bond acceptors (Lipinski definition) is 6. The minimum Gasteiger partial charge on any atom is -0.497 e. The van der Waals surface area contributed by atoms with E-state index in [1.165, 1.54) is 11.8 Å². The number of benzene rings is 1. The number of rotatable bonds is 3. The van der Waals surface area contributed by atoms with Crippen molar-refractivity contribution in [3.63, 3.8) is 0 Å². The maximum Gasteiger partial charge on any atom is 0.229 e. The molecule has 1 heterocycles. The third-order valence-electron chi connectivity index (χ3n) is 1.99. The molecule has 0 aliphatic rings. The van der Waals surface area contributed by atoms with Crippen molar-refractivity contribution in [2.24, 2.45) is 0 Å². The van der Waals surface area contributed by atoms with Gasteiger partial charge in [-0.25, -0.2) is 0 Å². The van der Waals surface area contributed by atoms with E-state index < -0.39 is 0 Å². The number of hydrogen-bond donors (Lipinski definition) is 0. The van der Waals surface area contributed by atoms with Crippen LogP contribution in [0.25, 0.3) is 11.4 Å². The van der Waals surface area contributed by atoms with Gasteiger partial charge in [0, 0.05) is 5.56 Å². The van der Waals surface area contributed by atoms with E-state index in [-0.39, 0.29) is 0 Å². The number of methoxy groups -OCH3 is 1. The molecule has 0 amide bonds. The number of aromatic nitrogens is 4. The van der Waals surface area contributed by atoms with Crippen LogP contribution in [0.3, 0.4) is 0 Å². The van der Waals surface area contributed by atoms with Crippen LogP contribution in [0.4, 0.5) is 0 Å². The molecule has 0 N–H and O–H groups in total. The number of ether oxygens (including phenoxy) is 1. The quantitative estimate of drug-likeness (QED) is 0.753. The molecule has 2 rings (SSSR count). The van der Waals surface area contributed by atoms with Gasteiger partial charge in [0.05, 0.1) is 7.11 Å². The molecule has 0 spiro atoms. The van der Waals surface area contributed by atoms with E-state index in [1.807, 2.05) is 30.5 Å². The average molecular weight is 234 g/mol. The molecule has 2 aromatic rings. The van der Waals surface area contributed by atoms with Gasteiger partial charge in [0.15, 0.2) is 0 Å². The van der Waals surface area contributed by atoms with Crippen molar-refractivity contribution in [3.8, 4) is 17.1 Å². The highest BCUT2D eigenvalue weighted by Crippen LogP contribution is 2.18. The first-order chi connectivity index (χ1) is 7.83. The normalized spacial score (nSPS) is 10.1. The minimum absolute atomic E-state index is 0.514. The zero-order chi connectivity index (χ0) is 11.4. The molecular weight excluding hydrogens is 224 g/mol. The van der Waals surface area contributed by atoms with Crippen molar-refractivity contribution in [2.45, 2.75) is 5.16 Å². The van der Waals surface area contributed by atoms with Gasteiger partial charge in [-0.1, -0.05) is 11.8 Å². The van der Waals surface area contributed by atoms with Crippen LogP contribution in [-0.2, 0) is 0 Å². The van der Waals surface area contributed by atoms with Crippen molar-refractivity contribution in [1.29, 1.82) is 0 Å². The van der Waals surface area contributed by atoms with Crippen LogP contribution in [0.15, 0.2) is 29.4 Å². The zero-order valence-electron chi connectivity index (χ0n) is 8.91. The molecule has 0 radical (unpaired) electrons. The van der Waals surface area contributed by atoms with Gasteiger partial charge in [-0.3, -0.25) is 0 Å². The molecular formula is C10H10N4OS. The van der Waals surface area contributed by atoms with Crippen molar-refractivity contribution in [2.75, 3.05) is 13.4 Å². The third-order valence-corrected chi connectivity index (χ3v) is 2.52. The molecule has 0 bridgehead atoms. The summed E-state index contributed by atoms with van der Waals surface area (Å²) in [6, 6.07) is 7.44. The minimum atomic E-state index is 0.514. The molecule has 6 heteroatoms. The van der Waals surface area contributed by atoms with Crippen molar-refractivity contribution in [3.05, 3.63) is 24.3 Å². The lowest BCUT2D eigenvalue weighted by Gasteiger charge is -2.01. The standard InChI is InChI=1S/C10H10N4OS/c1-15-8-5-3-7(4-6-8)9-11-13-10(16-2)14-12-9/h3-6H,1-2H3. The van der Waals surface area contributed by atoms with E-state index >= 15 is 0 Å². The Bertz CT molecular complexity index is 412. The van der Waals surface area contributed by atoms with Gasteiger partial charge in [-0.05, 0) is 30.5 Å². The Morgan fingerprint density at radius 3 is 2.12 bits per heavy atom. The maximum atomic E-state index is 5.07. The highest BCUT2D eigenvalue weighted by Gasteiger charge is 2.03. The summed E-state index contributed by atoms with van der Waals surface area (Å²) in [6.07, 6.45) is 1.88. The molecule has 0 aliphatic carbocycles. The SMILES string of the molecule is COc1ccc(-c2nnc(SC)nn2)cc1. The second kappa shape index (κ2) is 4.89. The summed E-state index contributed by atoms with van der Waals surface area (Å²) in [5, 5.41) is 16.4. The first kappa shape index (κ1) is 10.8. The molecule has 0 saturated carbocycles. The summed E-state index contributed by atoms with van der Waals surface area (Å²) < 4.78 is 5.07. The van der Waals surface area contributed by atoms with Gasteiger partial charge in [0.25, 0.3) is 0 Å². The van der Waals surface area contributed by atoms with Crippen LogP contribution in [-0.4, -0.2) is 33.8 Å². The maximum absolute atomic E-state index is 5.07. The van der Waals surface area contributed by atoms with E-state index in [4.69, 9.17) is 4.74 Å². The fourth-order valence-electron chi connectivity index (χ4n) is 1.16. The highest BCUT2D eigenvalue weighted by molar-refractivity contribution is 7.98. The number of thioether (sulfide) groups is 1. The van der Waals surface area contributed by atoms with E-state index in [9.17, 15) is 0 Å². The first-order valence-electron chi connectivity index (χ1n) is 4.59. The van der Waals surface area contributed by atoms with Crippen LogP contribution in [0, 0.1) is 0 Å². The lowest BCUT2D eigenvalue weighted by Crippen LogP contribution is -1.97. The van der Waals surface area contributed by atoms with Gasteiger partial charge in [0.1, 0.15) is 5.75 Å². The number of nitrogens with zero attached hydrogens (tertiary/aromatic N) is 4. The zero-order valence-corrected chi connectivity index (χ0v) is 9.73. The highest BCUT2D eigenvalue weighted by atomic mass is 32.2. The molecule has 0 atom stereocenters. The summed E-state index contributed by atoms with van der Waals surface area (Å²) in [5.74, 6) is 1.31. The van der Waals surface area contributed by atoms with Crippen LogP contribution in [0.2, 0.25) is 0 Å². The van der Waals surface area contributed by atoms with Gasteiger partial charge < -0.3 is 4.74 Å². The van der Waals surface area contributed by atoms with Crippen molar-refractivity contribution >= 4 is 11.8 Å². The Morgan fingerprint density at radius 2 is 1.62 bits per heavy atom. The van der Waals surface area contributed by atoms with Gasteiger partial charge in [0.2, 0.25) is 11.0 Å². The Balaban J connectivity index is 2.28. The summed E-state index contributed by atoms with van der Waals surface area (Å²) in [7, 11) is 1.63. The first-order valence-corrected chi connectivity index (χ1v) is 5.82. The van der Waals surface area contributed by atoms with Crippen molar-refractivity contribution in [1.82, 2.24) is 20.4 Å². The lowest BCUT2D eigenvalue weighted by molar-refractivity contribution is 0.415. The van der Waals surface area contributed by atoms with E-state index in [1.54, 1.807) is 7.11 Å². The average Bonchev–Trinajstić information content (AvgIpc) is 2.39. The van der Waals surface area contributed by atoms with E-state index in [0.717, 1.165) is 11.3 Å².